The van der Waals surface area contributed by atoms with Crippen molar-refractivity contribution in [3.8, 4) is 0 Å². The molecule has 0 spiro atoms. The summed E-state index contributed by atoms with van der Waals surface area (Å²) in [5.41, 5.74) is 2.25. The number of alkyl halides is 3. The molecule has 3 aromatic rings. The number of H-pyrrole nitrogens is 1. The number of anilines is 1. The van der Waals surface area contributed by atoms with Crippen molar-refractivity contribution in [3.05, 3.63) is 41.0 Å². The molecule has 0 radical (unpaired) electrons. The van der Waals surface area contributed by atoms with Crippen molar-refractivity contribution in [1.29, 1.82) is 0 Å². The van der Waals surface area contributed by atoms with E-state index in [1.54, 1.807) is 0 Å². The molecule has 2 aromatic heterocycles. The van der Waals surface area contributed by atoms with Gasteiger partial charge in [-0.2, -0.15) is 0 Å². The lowest BCUT2D eigenvalue weighted by atomic mass is 10.0. The van der Waals surface area contributed by atoms with Gasteiger partial charge in [0.1, 0.15) is 0 Å². The first-order valence-electron chi connectivity index (χ1n) is 12.2. The summed E-state index contributed by atoms with van der Waals surface area (Å²) in [4.78, 5) is 20.2. The van der Waals surface area contributed by atoms with Crippen LogP contribution in [-0.2, 0) is 11.2 Å². The summed E-state index contributed by atoms with van der Waals surface area (Å²) in [6, 6.07) is 8.11. The molecule has 1 atom stereocenters. The maximum absolute atomic E-state index is 13.0. The predicted molar refractivity (Wildman–Crippen MR) is 133 cm³/mol. The molecule has 196 valence electrons. The summed E-state index contributed by atoms with van der Waals surface area (Å²) in [5, 5.41) is 13.6. The van der Waals surface area contributed by atoms with Crippen LogP contribution in [0.25, 0.3) is 10.9 Å². The Balaban J connectivity index is 1.31. The van der Waals surface area contributed by atoms with Crippen molar-refractivity contribution in [1.82, 2.24) is 25.4 Å². The summed E-state index contributed by atoms with van der Waals surface area (Å²) in [5.74, 6) is -0.234. The van der Waals surface area contributed by atoms with Gasteiger partial charge in [0.15, 0.2) is 0 Å². The Kier molecular flexibility index (Phi) is 8.81. The van der Waals surface area contributed by atoms with Crippen LogP contribution in [0, 0.1) is 0 Å². The molecule has 4 rings (SSSR count). The number of aromatic amines is 1. The zero-order valence-electron chi connectivity index (χ0n) is 20.2. The first-order chi connectivity index (χ1) is 17.3. The number of carbonyl (C=O) groups excluding carboxylic acids is 1. The van der Waals surface area contributed by atoms with Crippen molar-refractivity contribution in [2.45, 2.75) is 45.0 Å². The van der Waals surface area contributed by atoms with Crippen LogP contribution in [-0.4, -0.2) is 77.7 Å². The average molecular weight is 525 g/mol. The number of nitrogens with one attached hydrogen (secondary N) is 2. The van der Waals surface area contributed by atoms with Gasteiger partial charge in [-0.3, -0.25) is 14.4 Å². The van der Waals surface area contributed by atoms with Gasteiger partial charge in [0.2, 0.25) is 10.1 Å². The Morgan fingerprint density at radius 1 is 1.22 bits per heavy atom. The van der Waals surface area contributed by atoms with Crippen LogP contribution in [0.1, 0.15) is 41.6 Å². The van der Waals surface area contributed by atoms with Gasteiger partial charge in [-0.1, -0.05) is 49.3 Å². The number of fused-ring (bicyclic) bond motifs is 1. The van der Waals surface area contributed by atoms with Crippen LogP contribution >= 0.6 is 11.3 Å². The fourth-order valence-corrected chi connectivity index (χ4v) is 5.18. The molecule has 0 bridgehead atoms. The molecule has 0 aliphatic carbocycles. The van der Waals surface area contributed by atoms with Gasteiger partial charge in [0.25, 0.3) is 5.91 Å². The number of benzene rings is 1. The highest BCUT2D eigenvalue weighted by molar-refractivity contribution is 7.17. The Morgan fingerprint density at radius 3 is 2.75 bits per heavy atom. The van der Waals surface area contributed by atoms with E-state index in [4.69, 9.17) is 0 Å². The first-order valence-corrected chi connectivity index (χ1v) is 13.0. The second-order valence-electron chi connectivity index (χ2n) is 8.89. The highest BCUT2D eigenvalue weighted by Crippen LogP contribution is 2.24. The number of piperazine rings is 1. The number of aromatic nitrogens is 3. The van der Waals surface area contributed by atoms with Crippen molar-refractivity contribution in [2.24, 2.45) is 0 Å². The van der Waals surface area contributed by atoms with Gasteiger partial charge in [-0.15, -0.1) is 23.4 Å². The highest BCUT2D eigenvalue weighted by atomic mass is 32.1. The fraction of sp³-hybridized carbons (Fsp3) is 0.542. The van der Waals surface area contributed by atoms with Crippen LogP contribution in [0.15, 0.2) is 30.5 Å². The Hall–Kier alpha value is -2.70. The summed E-state index contributed by atoms with van der Waals surface area (Å²) < 4.78 is 40.3. The molecule has 12 heteroatoms. The Bertz CT molecular complexity index is 1130. The highest BCUT2D eigenvalue weighted by Gasteiger charge is 2.29. The molecule has 3 heterocycles. The second-order valence-corrected chi connectivity index (χ2v) is 9.84. The molecule has 2 N–H and O–H groups in total. The lowest BCUT2D eigenvalue weighted by molar-refractivity contribution is -0.325. The molecular weight excluding hydrogens is 493 g/mol. The summed E-state index contributed by atoms with van der Waals surface area (Å²) in [6.45, 7) is 4.34. The van der Waals surface area contributed by atoms with Crippen LogP contribution in [0.4, 0.5) is 18.3 Å². The van der Waals surface area contributed by atoms with Crippen molar-refractivity contribution in [3.63, 3.8) is 0 Å². The summed E-state index contributed by atoms with van der Waals surface area (Å²) in [7, 11) is 0. The number of hydrogen-bond acceptors (Lipinski definition) is 7. The van der Waals surface area contributed by atoms with Gasteiger partial charge < -0.3 is 15.2 Å². The number of ether oxygens (including phenoxy) is 1. The number of amides is 1. The minimum Gasteiger partial charge on any atom is -0.361 e. The van der Waals surface area contributed by atoms with Crippen LogP contribution in [0.2, 0.25) is 0 Å². The van der Waals surface area contributed by atoms with Gasteiger partial charge in [0.05, 0.1) is 6.61 Å². The van der Waals surface area contributed by atoms with E-state index < -0.39 is 6.36 Å². The van der Waals surface area contributed by atoms with E-state index in [1.165, 1.54) is 16.9 Å². The molecule has 1 fully saturated rings. The number of unbranched alkanes of at least 4 members (excludes halogenated alkanes) is 1. The Labute approximate surface area is 211 Å². The van der Waals surface area contributed by atoms with Crippen LogP contribution in [0.3, 0.4) is 0 Å². The molecule has 1 amide bonds. The van der Waals surface area contributed by atoms with Crippen molar-refractivity contribution in [2.75, 3.05) is 44.2 Å². The number of para-hydroxylation sites is 1. The number of halogens is 3. The first kappa shape index (κ1) is 26.4. The van der Waals surface area contributed by atoms with Crippen molar-refractivity contribution >= 4 is 33.3 Å². The van der Waals surface area contributed by atoms with E-state index in [0.29, 0.717) is 36.3 Å². The number of carbonyl (C=O) groups is 1. The third-order valence-corrected chi connectivity index (χ3v) is 7.29. The van der Waals surface area contributed by atoms with Crippen LogP contribution < -0.4 is 10.2 Å². The molecule has 1 aromatic carbocycles. The lowest BCUT2D eigenvalue weighted by Gasteiger charge is -2.34. The normalized spacial score (nSPS) is 15.9. The molecule has 8 nitrogen and oxygen atoms in total. The third kappa shape index (κ3) is 7.17. The lowest BCUT2D eigenvalue weighted by Crippen LogP contribution is -2.47. The minimum absolute atomic E-state index is 0.0218. The zero-order chi connectivity index (χ0) is 25.5. The van der Waals surface area contributed by atoms with E-state index >= 15 is 0 Å². The smallest absolute Gasteiger partial charge is 0.361 e. The largest absolute Gasteiger partial charge is 0.522 e. The van der Waals surface area contributed by atoms with Crippen molar-refractivity contribution < 1.29 is 22.7 Å². The van der Waals surface area contributed by atoms with Gasteiger partial charge in [-0.25, -0.2) is 0 Å². The molecule has 36 heavy (non-hydrogen) atoms. The van der Waals surface area contributed by atoms with Gasteiger partial charge in [-0.05, 0) is 24.5 Å². The monoisotopic (exact) mass is 524 g/mol. The molecule has 0 saturated carbocycles. The molecule has 1 unspecified atom stereocenters. The number of rotatable bonds is 11. The fourth-order valence-electron chi connectivity index (χ4n) is 4.38. The van der Waals surface area contributed by atoms with Gasteiger partial charge in [0, 0.05) is 55.9 Å². The predicted octanol–water partition coefficient (Wildman–Crippen LogP) is 4.21. The second kappa shape index (κ2) is 12.0. The van der Waals surface area contributed by atoms with E-state index in [0.717, 1.165) is 36.6 Å². The van der Waals surface area contributed by atoms with Crippen LogP contribution in [0.5, 0.6) is 0 Å². The zero-order valence-corrected chi connectivity index (χ0v) is 21.0. The minimum atomic E-state index is -4.60. The topological polar surface area (TPSA) is 86.4 Å². The Morgan fingerprint density at radius 2 is 2.00 bits per heavy atom. The number of nitrogens with zero attached hydrogens (tertiary/aromatic N) is 4. The van der Waals surface area contributed by atoms with E-state index in [9.17, 15) is 18.0 Å². The number of hydrogen-bond donors (Lipinski definition) is 2. The SMILES string of the molecule is CCCCC(Cc1c[nH]c2ccccc12)NC(=O)c1nnc(N2CCN(CCOC(F)(F)F)CC2)s1. The van der Waals surface area contributed by atoms with E-state index in [1.807, 2.05) is 34.2 Å². The van der Waals surface area contributed by atoms with Gasteiger partial charge >= 0.3 is 6.36 Å². The summed E-state index contributed by atoms with van der Waals surface area (Å²) in [6.07, 6.45) is 1.05. The average Bonchev–Trinajstić information content (AvgIpc) is 3.50. The summed E-state index contributed by atoms with van der Waals surface area (Å²) >= 11 is 1.24. The standard InChI is InChI=1S/C24H31F3N6O2S/c1-2-3-6-18(15-17-16-28-20-8-5-4-7-19(17)20)29-21(34)22-30-31-23(36-22)33-11-9-32(10-12-33)13-14-35-24(25,26)27/h4-5,7-8,16,18,28H,2-3,6,9-15H2,1H3,(H,29,34). The maximum atomic E-state index is 13.0. The third-order valence-electron chi connectivity index (χ3n) is 6.31. The van der Waals surface area contributed by atoms with E-state index in [-0.39, 0.29) is 25.1 Å². The maximum Gasteiger partial charge on any atom is 0.522 e. The van der Waals surface area contributed by atoms with E-state index in [2.05, 4.69) is 38.2 Å². The molecule has 1 aliphatic rings. The quantitative estimate of drug-likeness (QED) is 0.391. The molecule has 1 aliphatic heterocycles. The molecular formula is C24H31F3N6O2S. The molecule has 1 saturated heterocycles.